The fourth-order valence-electron chi connectivity index (χ4n) is 27.0. The highest BCUT2D eigenvalue weighted by atomic mass is 15.2. The molecule has 0 fully saturated rings. The molecule has 0 bridgehead atoms. The van der Waals surface area contributed by atoms with Crippen molar-refractivity contribution in [2.24, 2.45) is 0 Å². The topological polar surface area (TPSA) is 67.5 Å². The van der Waals surface area contributed by atoms with Gasteiger partial charge in [0.25, 0.3) is 0 Å². The van der Waals surface area contributed by atoms with Crippen molar-refractivity contribution >= 4 is 278 Å². The highest BCUT2D eigenvalue weighted by Crippen LogP contribution is 2.54. The summed E-state index contributed by atoms with van der Waals surface area (Å²) in [4.78, 5) is 10.3. The van der Waals surface area contributed by atoms with Crippen molar-refractivity contribution in [3.05, 3.63) is 455 Å². The van der Waals surface area contributed by atoms with Crippen molar-refractivity contribution in [3.8, 4) is 45.0 Å². The molecule has 12 aromatic heterocycles. The van der Waals surface area contributed by atoms with Gasteiger partial charge in [-0.05, 0) is 233 Å². The Morgan fingerprint density at radius 2 is 0.407 bits per heavy atom. The van der Waals surface area contributed by atoms with Crippen LogP contribution in [0.2, 0.25) is 0 Å². The van der Waals surface area contributed by atoms with Gasteiger partial charge in [0.05, 0.1) is 116 Å². The number of hydrogen-bond donors (Lipinski definition) is 0. The van der Waals surface area contributed by atoms with Crippen LogP contribution < -0.4 is 0 Å². The summed E-state index contributed by atoms with van der Waals surface area (Å²) in [6, 6.07) is 167. The number of rotatable bonds is 6. The fourth-order valence-corrected chi connectivity index (χ4v) is 27.0. The Morgan fingerprint density at radius 1 is 0.131 bits per heavy atom. The van der Waals surface area contributed by atoms with Crippen LogP contribution in [0.15, 0.2) is 455 Å². The van der Waals surface area contributed by atoms with Crippen LogP contribution in [0.1, 0.15) is 0 Å². The van der Waals surface area contributed by atoms with Gasteiger partial charge in [0, 0.05) is 120 Å². The van der Waals surface area contributed by atoms with Gasteiger partial charge in [-0.3, -0.25) is 17.9 Å². The van der Waals surface area contributed by atoms with Crippen molar-refractivity contribution in [3.63, 3.8) is 0 Å². The molecule has 0 amide bonds. The van der Waals surface area contributed by atoms with Gasteiger partial charge in [0.15, 0.2) is 0 Å². The molecule has 37 rings (SSSR count). The van der Waals surface area contributed by atoms with E-state index in [2.05, 4.69) is 495 Å². The molecule has 37 aromatic rings. The molecule has 11 nitrogen and oxygen atoms in total. The Morgan fingerprint density at radius 3 is 0.814 bits per heavy atom. The van der Waals surface area contributed by atoms with Gasteiger partial charge in [0.1, 0.15) is 0 Å². The lowest BCUT2D eigenvalue weighted by atomic mass is 9.91. The van der Waals surface area contributed by atoms with E-state index >= 15 is 0 Å². The summed E-state index contributed by atoms with van der Waals surface area (Å²) < 4.78 is 21.6. The number of fused-ring (bicyclic) bond motifs is 37. The standard InChI is InChI=1S/C48H27N3.2C43H24N4/c1-5-15-40-31(10-1)32-11-2-6-16-41(32)49(40)28-20-22-30-35-14-9-19-45-46(35)47-36(38(30)26-28)23-24-37-39-27-29(21-25-44(39)51(45)48(37)47)50-42-17-7-3-12-33(42)34-13-4-8-18-43(34)50;2*1-2-10-26(11-3-1)45-41-27(13-8-19-38(41)47-36-17-7-5-15-34(36)44-43(45)47)25-20-21-28-30-14-9-18-37-39(30)40-31(33(28)24-25)22-23-32-29-12-4-6-16-35(29)46(37)42(32)40/h1-27H;2*1-24H. The molecule has 0 atom stereocenters. The maximum atomic E-state index is 5.16. The van der Waals surface area contributed by atoms with Crippen LogP contribution in [0.25, 0.3) is 323 Å². The predicted molar refractivity (Wildman–Crippen MR) is 608 cm³/mol. The second-order valence-corrected chi connectivity index (χ2v) is 39.6. The molecule has 0 unspecified atom stereocenters. The summed E-state index contributed by atoms with van der Waals surface area (Å²) in [6.45, 7) is 0. The third-order valence-corrected chi connectivity index (χ3v) is 32.7. The van der Waals surface area contributed by atoms with E-state index in [-0.39, 0.29) is 0 Å². The van der Waals surface area contributed by atoms with Crippen LogP contribution in [0.5, 0.6) is 0 Å². The van der Waals surface area contributed by atoms with Gasteiger partial charge >= 0.3 is 0 Å². The van der Waals surface area contributed by atoms with Gasteiger partial charge in [-0.25, -0.2) is 9.97 Å². The number of imidazole rings is 4. The van der Waals surface area contributed by atoms with E-state index in [1.165, 1.54) is 256 Å². The van der Waals surface area contributed by atoms with Crippen molar-refractivity contribution in [1.82, 2.24) is 50.2 Å². The number of para-hydroxylation sites is 14. The third-order valence-electron chi connectivity index (χ3n) is 32.7. The molecule has 145 heavy (non-hydrogen) atoms. The highest BCUT2D eigenvalue weighted by Gasteiger charge is 2.31. The van der Waals surface area contributed by atoms with Crippen LogP contribution in [0.3, 0.4) is 0 Å². The summed E-state index contributed by atoms with van der Waals surface area (Å²) in [5, 5.41) is 36.8. The smallest absolute Gasteiger partial charge is 0.220 e. The van der Waals surface area contributed by atoms with Gasteiger partial charge in [-0.1, -0.05) is 297 Å². The molecule has 0 aliphatic carbocycles. The number of hydrogen-bond acceptors (Lipinski definition) is 2. The molecule has 25 aromatic carbocycles. The van der Waals surface area contributed by atoms with E-state index in [1.807, 2.05) is 0 Å². The van der Waals surface area contributed by atoms with Crippen molar-refractivity contribution in [2.45, 2.75) is 0 Å². The molecule has 0 spiro atoms. The third kappa shape index (κ3) is 9.74. The monoisotopic (exact) mass is 1840 g/mol. The van der Waals surface area contributed by atoms with E-state index in [0.717, 1.165) is 67.1 Å². The van der Waals surface area contributed by atoms with E-state index < -0.39 is 0 Å². The first-order valence-corrected chi connectivity index (χ1v) is 50.0. The summed E-state index contributed by atoms with van der Waals surface area (Å²) in [7, 11) is 0. The van der Waals surface area contributed by atoms with E-state index in [0.29, 0.717) is 0 Å². The molecule has 0 saturated heterocycles. The number of benzene rings is 25. The Hall–Kier alpha value is -19.6. The zero-order valence-electron chi connectivity index (χ0n) is 77.7. The summed E-state index contributed by atoms with van der Waals surface area (Å²) >= 11 is 0. The lowest BCUT2D eigenvalue weighted by molar-refractivity contribution is 1.11. The minimum Gasteiger partial charge on any atom is -0.309 e. The van der Waals surface area contributed by atoms with E-state index in [1.54, 1.807) is 0 Å². The lowest BCUT2D eigenvalue weighted by Gasteiger charge is -2.13. The summed E-state index contributed by atoms with van der Waals surface area (Å²) in [6.07, 6.45) is 0. The van der Waals surface area contributed by atoms with Gasteiger partial charge in [-0.15, -0.1) is 0 Å². The quantitative estimate of drug-likeness (QED) is 0.156. The minimum atomic E-state index is 0.922. The molecule has 12 heterocycles. The van der Waals surface area contributed by atoms with Crippen molar-refractivity contribution in [2.75, 3.05) is 0 Å². The van der Waals surface area contributed by atoms with Gasteiger partial charge in [0.2, 0.25) is 11.6 Å². The molecular weight excluding hydrogens is 1760 g/mol. The Balaban J connectivity index is 0.0000000922. The molecule has 0 radical (unpaired) electrons. The molecule has 666 valence electrons. The number of nitrogens with zero attached hydrogens (tertiary/aromatic N) is 11. The first-order valence-electron chi connectivity index (χ1n) is 50.0. The van der Waals surface area contributed by atoms with Crippen LogP contribution in [-0.4, -0.2) is 50.2 Å². The van der Waals surface area contributed by atoms with Gasteiger partial charge in [-0.2, -0.15) is 0 Å². The fraction of sp³-hybridized carbons (Fsp3) is 0. The van der Waals surface area contributed by atoms with Crippen LogP contribution in [0, 0.1) is 0 Å². The zero-order chi connectivity index (χ0) is 93.7. The average molecular weight is 1840 g/mol. The molecule has 11 heteroatoms. The molecule has 0 aliphatic rings. The maximum absolute atomic E-state index is 5.16. The summed E-state index contributed by atoms with van der Waals surface area (Å²) in [5.74, 6) is 1.84. The average Bonchev–Trinajstić information content (AvgIpc) is 1.52. The molecule has 0 N–H and O–H groups in total. The molecule has 0 saturated carbocycles. The minimum absolute atomic E-state index is 0.922. The van der Waals surface area contributed by atoms with Crippen LogP contribution >= 0.6 is 0 Å². The Labute approximate surface area is 822 Å². The van der Waals surface area contributed by atoms with E-state index in [9.17, 15) is 0 Å². The van der Waals surface area contributed by atoms with Crippen LogP contribution in [-0.2, 0) is 0 Å². The predicted octanol–water partition coefficient (Wildman–Crippen LogP) is 34.8. The highest BCUT2D eigenvalue weighted by molar-refractivity contribution is 6.43. The maximum Gasteiger partial charge on any atom is 0.220 e. The van der Waals surface area contributed by atoms with Crippen molar-refractivity contribution < 1.29 is 0 Å². The van der Waals surface area contributed by atoms with Gasteiger partial charge < -0.3 is 22.3 Å². The molecular formula is C134H75N11. The Kier molecular flexibility index (Phi) is 14.6. The first-order chi connectivity index (χ1) is 72.0. The van der Waals surface area contributed by atoms with Crippen molar-refractivity contribution in [1.29, 1.82) is 0 Å². The largest absolute Gasteiger partial charge is 0.309 e. The number of aromatic nitrogens is 11. The summed E-state index contributed by atoms with van der Waals surface area (Å²) in [5.41, 5.74) is 34.7. The lowest BCUT2D eigenvalue weighted by Crippen LogP contribution is -1.96. The SMILES string of the molecule is c1ccc(-n2c3c(-c4ccc5c(c4)c4ccc6c7ccccc7n7c8cccc5c8c4c67)cccc3n3c4ccccc4nc23)cc1.c1ccc(-n2c3c(-c4ccc5c(c4)c4ccc6c7ccccc7n7c8cccc5c8c4c67)cccc3n3c4ccccc4nc23)cc1.c1ccc2c(c1)c1ccccc1n2-c1ccc2c(c1)c1ccc3c4cc(-n5c6ccccc6c6ccccc65)ccc4n4c5cccc2c5c1c34. The Bertz CT molecular complexity index is 11700. The van der Waals surface area contributed by atoms with Crippen LogP contribution in [0.4, 0.5) is 0 Å². The normalized spacial score (nSPS) is 12.7. The zero-order valence-corrected chi connectivity index (χ0v) is 77.7. The molecule has 0 aliphatic heterocycles. The van der Waals surface area contributed by atoms with E-state index in [4.69, 9.17) is 9.97 Å². The second kappa shape index (κ2) is 27.7. The second-order valence-electron chi connectivity index (χ2n) is 39.6. The first kappa shape index (κ1) is 76.4.